The average Bonchev–Trinajstić information content (AvgIpc) is 2.26. The van der Waals surface area contributed by atoms with E-state index in [0.29, 0.717) is 10.0 Å². The Morgan fingerprint density at radius 3 is 1.57 bits per heavy atom. The predicted molar refractivity (Wildman–Crippen MR) is 86.9 cm³/mol. The van der Waals surface area contributed by atoms with Crippen LogP contribution < -0.4 is 0 Å². The molecule has 9 heteroatoms. The van der Waals surface area contributed by atoms with Crippen LogP contribution >= 0.6 is 34.8 Å². The average molecular weight is 370 g/mol. The maximum Gasteiger partial charge on any atom is 2.00 e. The number of hydrogen-bond acceptors (Lipinski definition) is 3. The molecule has 1 aromatic carbocycles. The molecule has 3 N–H and O–H groups in total. The molecule has 0 aliphatic carbocycles. The first kappa shape index (κ1) is 25.3. The molecule has 116 valence electrons. The van der Waals surface area contributed by atoms with Crippen LogP contribution in [0.1, 0.15) is 16.7 Å². The summed E-state index contributed by atoms with van der Waals surface area (Å²) in [7, 11) is 0. The van der Waals surface area contributed by atoms with E-state index in [4.69, 9.17) is 54.9 Å². The quantitative estimate of drug-likeness (QED) is 0.396. The molecule has 0 aromatic heterocycles. The molecular formula is C12H15Cl3MgO5. The number of aliphatic carboxylic acids is 2. The SMILES string of the molecule is C=C(C)C(=O)O.CC(=O)O.Oc1cc(Cl)c(Cl)cc1Cl.[H-].[H-].[Mg+2]. The van der Waals surface area contributed by atoms with Gasteiger partial charge in [0, 0.05) is 18.6 Å². The first-order valence-electron chi connectivity index (χ1n) is 4.90. The molecule has 0 spiro atoms. The zero-order valence-corrected chi connectivity index (χ0v) is 15.0. The number of halogens is 3. The van der Waals surface area contributed by atoms with Crippen LogP contribution in [0, 0.1) is 0 Å². The van der Waals surface area contributed by atoms with Gasteiger partial charge in [-0.3, -0.25) is 4.79 Å². The molecule has 1 aromatic rings. The molecule has 0 aliphatic rings. The number of rotatable bonds is 1. The molecule has 0 fully saturated rings. The van der Waals surface area contributed by atoms with Crippen LogP contribution in [0.5, 0.6) is 5.75 Å². The second kappa shape index (κ2) is 13.0. The van der Waals surface area contributed by atoms with E-state index >= 15 is 0 Å². The van der Waals surface area contributed by atoms with Crippen molar-refractivity contribution < 1.29 is 27.8 Å². The van der Waals surface area contributed by atoms with Crippen molar-refractivity contribution in [3.63, 3.8) is 0 Å². The Labute approximate surface area is 156 Å². The predicted octanol–water partition coefficient (Wildman–Crippen LogP) is 3.93. The first-order chi connectivity index (χ1) is 8.98. The molecule has 1 rings (SSSR count). The van der Waals surface area contributed by atoms with Crippen LogP contribution in [0.3, 0.4) is 0 Å². The third-order valence-corrected chi connectivity index (χ3v) is 2.38. The Kier molecular flexibility index (Phi) is 15.7. The topological polar surface area (TPSA) is 94.8 Å². The van der Waals surface area contributed by atoms with Gasteiger partial charge in [0.05, 0.1) is 15.1 Å². The largest absolute Gasteiger partial charge is 2.00 e. The summed E-state index contributed by atoms with van der Waals surface area (Å²) in [6, 6.07) is 2.69. The Bertz CT molecular complexity index is 449. The van der Waals surface area contributed by atoms with Gasteiger partial charge in [-0.2, -0.15) is 0 Å². The van der Waals surface area contributed by atoms with E-state index in [9.17, 15) is 4.79 Å². The van der Waals surface area contributed by atoms with Crippen molar-refractivity contribution in [3.8, 4) is 5.75 Å². The van der Waals surface area contributed by atoms with Crippen molar-refractivity contribution in [2.24, 2.45) is 0 Å². The van der Waals surface area contributed by atoms with Crippen LogP contribution in [0.25, 0.3) is 0 Å². The molecule has 21 heavy (non-hydrogen) atoms. The molecular weight excluding hydrogens is 355 g/mol. The van der Waals surface area contributed by atoms with Crippen LogP contribution in [0.4, 0.5) is 0 Å². The van der Waals surface area contributed by atoms with Crippen molar-refractivity contribution in [1.29, 1.82) is 0 Å². The number of phenols is 1. The molecule has 0 atom stereocenters. The van der Waals surface area contributed by atoms with E-state index < -0.39 is 11.9 Å². The van der Waals surface area contributed by atoms with E-state index in [0.717, 1.165) is 6.92 Å². The normalized spacial score (nSPS) is 8.05. The molecule has 5 nitrogen and oxygen atoms in total. The number of aromatic hydroxyl groups is 1. The van der Waals surface area contributed by atoms with Gasteiger partial charge in [0.1, 0.15) is 5.75 Å². The van der Waals surface area contributed by atoms with E-state index in [2.05, 4.69) is 6.58 Å². The smallest absolute Gasteiger partial charge is 1.00 e. The summed E-state index contributed by atoms with van der Waals surface area (Å²) in [6.45, 7) is 5.69. The Balaban J connectivity index is -0.0000000733. The van der Waals surface area contributed by atoms with Crippen LogP contribution in [-0.2, 0) is 9.59 Å². The van der Waals surface area contributed by atoms with Crippen molar-refractivity contribution in [3.05, 3.63) is 39.4 Å². The molecule has 0 bridgehead atoms. The van der Waals surface area contributed by atoms with Gasteiger partial charge in [-0.25, -0.2) is 4.79 Å². The number of carboxylic acid groups (broad SMARTS) is 2. The molecule has 0 heterocycles. The van der Waals surface area contributed by atoms with Crippen molar-refractivity contribution in [1.82, 2.24) is 0 Å². The summed E-state index contributed by atoms with van der Waals surface area (Å²) in [5, 5.41) is 25.1. The fourth-order valence-electron chi connectivity index (χ4n) is 0.512. The minimum absolute atomic E-state index is 0. The maximum atomic E-state index is 9.60. The molecule has 0 saturated carbocycles. The summed E-state index contributed by atoms with van der Waals surface area (Å²) >= 11 is 16.6. The molecule has 0 unspecified atom stereocenters. The minimum Gasteiger partial charge on any atom is -1.00 e. The van der Waals surface area contributed by atoms with Crippen LogP contribution in [0.15, 0.2) is 24.3 Å². The van der Waals surface area contributed by atoms with Gasteiger partial charge in [-0.1, -0.05) is 41.4 Å². The number of benzene rings is 1. The van der Waals surface area contributed by atoms with E-state index in [-0.39, 0.29) is 42.3 Å². The minimum atomic E-state index is -0.935. The fraction of sp³-hybridized carbons (Fsp3) is 0.167. The van der Waals surface area contributed by atoms with Gasteiger partial charge in [0.15, 0.2) is 0 Å². The van der Waals surface area contributed by atoms with Gasteiger partial charge in [-0.15, -0.1) is 0 Å². The summed E-state index contributed by atoms with van der Waals surface area (Å²) in [4.78, 5) is 18.6. The van der Waals surface area contributed by atoms with E-state index in [1.165, 1.54) is 19.1 Å². The summed E-state index contributed by atoms with van der Waals surface area (Å²) in [6.07, 6.45) is 0. The second-order valence-electron chi connectivity index (χ2n) is 3.32. The fourth-order valence-corrected chi connectivity index (χ4v) is 1.05. The second-order valence-corrected chi connectivity index (χ2v) is 4.54. The van der Waals surface area contributed by atoms with Crippen molar-refractivity contribution in [2.75, 3.05) is 0 Å². The van der Waals surface area contributed by atoms with Gasteiger partial charge >= 0.3 is 29.0 Å². The Morgan fingerprint density at radius 1 is 1.05 bits per heavy atom. The Morgan fingerprint density at radius 2 is 1.33 bits per heavy atom. The number of carboxylic acids is 2. The third kappa shape index (κ3) is 15.5. The van der Waals surface area contributed by atoms with Crippen molar-refractivity contribution in [2.45, 2.75) is 13.8 Å². The van der Waals surface area contributed by atoms with Crippen LogP contribution in [-0.4, -0.2) is 50.3 Å². The number of phenolic OH excluding ortho intramolecular Hbond substituents is 1. The number of carbonyl (C=O) groups is 2. The van der Waals surface area contributed by atoms with Gasteiger partial charge < -0.3 is 18.2 Å². The zero-order valence-electron chi connectivity index (χ0n) is 13.4. The summed E-state index contributed by atoms with van der Waals surface area (Å²) < 4.78 is 0. The van der Waals surface area contributed by atoms with E-state index in [1.54, 1.807) is 0 Å². The van der Waals surface area contributed by atoms with Gasteiger partial charge in [0.2, 0.25) is 0 Å². The molecule has 0 radical (unpaired) electrons. The monoisotopic (exact) mass is 368 g/mol. The maximum absolute atomic E-state index is 9.60. The third-order valence-electron chi connectivity index (χ3n) is 1.35. The van der Waals surface area contributed by atoms with Crippen molar-refractivity contribution >= 4 is 69.8 Å². The summed E-state index contributed by atoms with van der Waals surface area (Å²) in [5.74, 6) is -1.83. The molecule has 0 aliphatic heterocycles. The molecule has 0 amide bonds. The van der Waals surface area contributed by atoms with Gasteiger partial charge in [-0.05, 0) is 13.0 Å². The van der Waals surface area contributed by atoms with Gasteiger partial charge in [0.25, 0.3) is 5.97 Å². The van der Waals surface area contributed by atoms with Crippen LogP contribution in [0.2, 0.25) is 15.1 Å². The van der Waals surface area contributed by atoms with E-state index in [1.807, 2.05) is 0 Å². The molecule has 0 saturated heterocycles. The first-order valence-corrected chi connectivity index (χ1v) is 6.04. The summed E-state index contributed by atoms with van der Waals surface area (Å²) in [5.41, 5.74) is 0.176. The Hall–Kier alpha value is -0.664. The number of hydrogen-bond donors (Lipinski definition) is 3. The zero-order chi connectivity index (χ0) is 16.5. The standard InChI is InChI=1S/C6H3Cl3O.C4H6O2.C2H4O2.Mg.2H/c7-3-1-5(9)6(10)2-4(3)8;1-3(2)4(5)6;1-2(3)4;;;/h1-2,10H;1H2,2H3,(H,5,6);1H3,(H,3,4);;;/q;;;+2;2*-1.